The van der Waals surface area contributed by atoms with Crippen molar-refractivity contribution in [2.24, 2.45) is 4.99 Å². The van der Waals surface area contributed by atoms with Crippen LogP contribution in [0.15, 0.2) is 33.8 Å². The van der Waals surface area contributed by atoms with Gasteiger partial charge >= 0.3 is 0 Å². The van der Waals surface area contributed by atoms with Gasteiger partial charge in [0, 0.05) is 24.4 Å². The van der Waals surface area contributed by atoms with E-state index >= 15 is 0 Å². The Bertz CT molecular complexity index is 795. The van der Waals surface area contributed by atoms with Crippen molar-refractivity contribution in [3.05, 3.63) is 47.4 Å². The molecule has 1 aromatic heterocycles. The van der Waals surface area contributed by atoms with Gasteiger partial charge in [0.15, 0.2) is 11.8 Å². The summed E-state index contributed by atoms with van der Waals surface area (Å²) in [6.07, 6.45) is 1.94. The maximum absolute atomic E-state index is 14.1. The fourth-order valence-corrected chi connectivity index (χ4v) is 2.85. The predicted molar refractivity (Wildman–Crippen MR) is 114 cm³/mol. The molecule has 1 heterocycles. The highest BCUT2D eigenvalue weighted by Crippen LogP contribution is 2.48. The van der Waals surface area contributed by atoms with E-state index in [1.54, 1.807) is 13.1 Å². The van der Waals surface area contributed by atoms with Gasteiger partial charge in [-0.1, -0.05) is 44.1 Å². The van der Waals surface area contributed by atoms with Crippen molar-refractivity contribution < 1.29 is 8.91 Å². The van der Waals surface area contributed by atoms with Gasteiger partial charge in [0.2, 0.25) is 5.89 Å². The second-order valence-electron chi connectivity index (χ2n) is 7.81. The highest BCUT2D eigenvalue weighted by Gasteiger charge is 2.45. The van der Waals surface area contributed by atoms with Crippen molar-refractivity contribution in [3.63, 3.8) is 0 Å². The third kappa shape index (κ3) is 5.18. The summed E-state index contributed by atoms with van der Waals surface area (Å²) in [5.41, 5.74) is 0.452. The maximum atomic E-state index is 14.1. The van der Waals surface area contributed by atoms with Crippen LogP contribution < -0.4 is 10.6 Å². The summed E-state index contributed by atoms with van der Waals surface area (Å²) in [5.74, 6) is 1.67. The molecule has 2 aromatic rings. The Hall–Kier alpha value is -1.71. The van der Waals surface area contributed by atoms with Crippen LogP contribution >= 0.6 is 24.0 Å². The van der Waals surface area contributed by atoms with E-state index in [9.17, 15) is 4.39 Å². The number of hydrogen-bond donors (Lipinski definition) is 2. The van der Waals surface area contributed by atoms with E-state index < -0.39 is 0 Å². The molecule has 0 saturated heterocycles. The molecule has 2 N–H and O–H groups in total. The van der Waals surface area contributed by atoms with Gasteiger partial charge in [-0.05, 0) is 24.5 Å². The van der Waals surface area contributed by atoms with Crippen molar-refractivity contribution in [3.8, 4) is 0 Å². The van der Waals surface area contributed by atoms with Gasteiger partial charge in [-0.3, -0.25) is 4.99 Å². The van der Waals surface area contributed by atoms with E-state index in [-0.39, 0.29) is 40.6 Å². The van der Waals surface area contributed by atoms with Gasteiger partial charge in [0.05, 0.1) is 6.54 Å². The summed E-state index contributed by atoms with van der Waals surface area (Å²) >= 11 is 0. The monoisotopic (exact) mass is 487 g/mol. The van der Waals surface area contributed by atoms with Crippen LogP contribution in [0.1, 0.15) is 50.9 Å². The molecular weight excluding hydrogens is 460 g/mol. The highest BCUT2D eigenvalue weighted by molar-refractivity contribution is 14.0. The number of guanidine groups is 1. The quantitative estimate of drug-likeness (QED) is 0.384. The van der Waals surface area contributed by atoms with E-state index in [1.165, 1.54) is 6.07 Å². The number of aliphatic imine (C=N–C) groups is 1. The van der Waals surface area contributed by atoms with Gasteiger partial charge < -0.3 is 15.2 Å². The summed E-state index contributed by atoms with van der Waals surface area (Å²) in [4.78, 5) is 8.62. The van der Waals surface area contributed by atoms with Gasteiger partial charge in [-0.15, -0.1) is 24.0 Å². The number of nitrogens with zero attached hydrogens (tertiary/aromatic N) is 3. The van der Waals surface area contributed by atoms with Crippen molar-refractivity contribution in [2.45, 2.75) is 51.0 Å². The van der Waals surface area contributed by atoms with Crippen molar-refractivity contribution in [1.82, 2.24) is 20.8 Å². The van der Waals surface area contributed by atoms with E-state index in [2.05, 4.69) is 25.8 Å². The zero-order chi connectivity index (χ0) is 18.8. The summed E-state index contributed by atoms with van der Waals surface area (Å²) in [7, 11) is 1.70. The van der Waals surface area contributed by atoms with Crippen LogP contribution in [0.2, 0.25) is 0 Å². The largest absolute Gasteiger partial charge is 0.356 e. The van der Waals surface area contributed by atoms with Gasteiger partial charge in [0.1, 0.15) is 5.82 Å². The molecule has 3 rings (SSSR count). The molecule has 0 aliphatic heterocycles. The summed E-state index contributed by atoms with van der Waals surface area (Å²) in [6, 6.07) is 6.99. The van der Waals surface area contributed by atoms with Crippen LogP contribution in [0, 0.1) is 5.82 Å². The molecule has 0 atom stereocenters. The minimum Gasteiger partial charge on any atom is -0.356 e. The fourth-order valence-electron chi connectivity index (χ4n) is 2.85. The molecule has 1 aromatic carbocycles. The summed E-state index contributed by atoms with van der Waals surface area (Å²) < 4.78 is 19.4. The third-order valence-electron chi connectivity index (χ3n) is 4.64. The van der Waals surface area contributed by atoms with Gasteiger partial charge in [-0.2, -0.15) is 4.98 Å². The van der Waals surface area contributed by atoms with E-state index in [1.807, 2.05) is 32.9 Å². The second-order valence-corrected chi connectivity index (χ2v) is 7.81. The molecular formula is C19H27FIN5O. The first-order valence-corrected chi connectivity index (χ1v) is 8.87. The van der Waals surface area contributed by atoms with E-state index in [0.29, 0.717) is 30.8 Å². The Morgan fingerprint density at radius 3 is 2.52 bits per heavy atom. The van der Waals surface area contributed by atoms with Crippen LogP contribution in [-0.4, -0.2) is 29.7 Å². The van der Waals surface area contributed by atoms with Crippen LogP contribution in [-0.2, 0) is 17.4 Å². The molecule has 0 spiro atoms. The Balaban J connectivity index is 0.00000261. The van der Waals surface area contributed by atoms with Gasteiger partial charge in [0.25, 0.3) is 0 Å². The molecule has 0 bridgehead atoms. The molecule has 0 amide bonds. The van der Waals surface area contributed by atoms with Crippen molar-refractivity contribution >= 4 is 29.9 Å². The molecule has 0 unspecified atom stereocenters. The molecule has 0 radical (unpaired) electrons. The number of rotatable bonds is 5. The van der Waals surface area contributed by atoms with Crippen LogP contribution in [0.4, 0.5) is 4.39 Å². The predicted octanol–water partition coefficient (Wildman–Crippen LogP) is 3.52. The maximum Gasteiger partial charge on any atom is 0.232 e. The molecule has 6 nitrogen and oxygen atoms in total. The topological polar surface area (TPSA) is 75.3 Å². The Labute approximate surface area is 176 Å². The average Bonchev–Trinajstić information content (AvgIpc) is 3.22. The standard InChI is InChI=1S/C19H26FN5O.HI/c1-18(2,3)16-24-15(25-26-16)11-22-17(21-4)23-12-19(9-10-19)13-7-5-6-8-14(13)20;/h5-8H,9-12H2,1-4H3,(H2,21,22,23);1H. The Morgan fingerprint density at radius 1 is 1.26 bits per heavy atom. The van der Waals surface area contributed by atoms with Crippen molar-refractivity contribution in [2.75, 3.05) is 13.6 Å². The molecule has 1 aliphatic carbocycles. The first-order chi connectivity index (χ1) is 12.3. The summed E-state index contributed by atoms with van der Waals surface area (Å²) in [6.45, 7) is 7.11. The zero-order valence-electron chi connectivity index (χ0n) is 16.2. The Kier molecular flexibility index (Phi) is 6.82. The fraction of sp³-hybridized carbons (Fsp3) is 0.526. The Morgan fingerprint density at radius 2 is 1.96 bits per heavy atom. The average molecular weight is 487 g/mol. The first-order valence-electron chi connectivity index (χ1n) is 8.87. The van der Waals surface area contributed by atoms with Crippen LogP contribution in [0.25, 0.3) is 0 Å². The highest BCUT2D eigenvalue weighted by atomic mass is 127. The minimum absolute atomic E-state index is 0. The van der Waals surface area contributed by atoms with Crippen LogP contribution in [0.3, 0.4) is 0 Å². The number of nitrogens with one attached hydrogen (secondary N) is 2. The molecule has 1 fully saturated rings. The third-order valence-corrected chi connectivity index (χ3v) is 4.64. The SMILES string of the molecule is CN=C(NCc1noc(C(C)(C)C)n1)NCC1(c2ccccc2F)CC1.I. The molecule has 27 heavy (non-hydrogen) atoms. The van der Waals surface area contributed by atoms with E-state index in [4.69, 9.17) is 4.52 Å². The lowest BCUT2D eigenvalue weighted by atomic mass is 9.95. The van der Waals surface area contributed by atoms with Crippen LogP contribution in [0.5, 0.6) is 0 Å². The minimum atomic E-state index is -0.177. The van der Waals surface area contributed by atoms with Gasteiger partial charge in [-0.25, -0.2) is 4.39 Å². The number of hydrogen-bond acceptors (Lipinski definition) is 4. The van der Waals surface area contributed by atoms with E-state index in [0.717, 1.165) is 18.4 Å². The number of aromatic nitrogens is 2. The molecule has 1 aliphatic rings. The first kappa shape index (κ1) is 21.6. The number of benzene rings is 1. The lowest BCUT2D eigenvalue weighted by Gasteiger charge is -2.19. The smallest absolute Gasteiger partial charge is 0.232 e. The molecule has 148 valence electrons. The zero-order valence-corrected chi connectivity index (χ0v) is 18.5. The lowest BCUT2D eigenvalue weighted by molar-refractivity contribution is 0.318. The number of halogens is 2. The molecule has 8 heteroatoms. The lowest BCUT2D eigenvalue weighted by Crippen LogP contribution is -2.41. The summed E-state index contributed by atoms with van der Waals surface area (Å²) in [5, 5.41) is 10.5. The van der Waals surface area contributed by atoms with Crippen molar-refractivity contribution in [1.29, 1.82) is 0 Å². The molecule has 1 saturated carbocycles. The normalized spacial score (nSPS) is 15.8. The second kappa shape index (κ2) is 8.53.